The number of imide groups is 1. The zero-order valence-corrected chi connectivity index (χ0v) is 41.6. The number of aromatic nitrogens is 3. The number of halogens is 2. The van der Waals surface area contributed by atoms with E-state index in [9.17, 15) is 28.3 Å². The summed E-state index contributed by atoms with van der Waals surface area (Å²) in [7, 11) is 3.96. The quantitative estimate of drug-likeness (QED) is 0.0813. The molecular weight excluding hydrogens is 861 g/mol. The number of unbranched alkanes of at least 4 members (excludes halogenated alkanes) is 4. The average Bonchev–Trinajstić information content (AvgIpc) is 3.81. The number of imidazole rings is 1. The van der Waals surface area contributed by atoms with Gasteiger partial charge in [-0.2, -0.15) is 0 Å². The normalized spacial score (nSPS) is 14.5. The van der Waals surface area contributed by atoms with Crippen LogP contribution in [0.25, 0.3) is 16.9 Å². The lowest BCUT2D eigenvalue weighted by atomic mass is 9.92. The summed E-state index contributed by atoms with van der Waals surface area (Å²) < 4.78 is 43.6. The molecule has 16 heteroatoms. The number of benzene rings is 1. The monoisotopic (exact) mass is 934 g/mol. The van der Waals surface area contributed by atoms with Crippen molar-refractivity contribution < 1.29 is 42.5 Å². The number of hydrogen-bond donors (Lipinski definition) is 2. The molecule has 0 unspecified atom stereocenters. The van der Waals surface area contributed by atoms with Crippen molar-refractivity contribution in [1.82, 2.24) is 24.2 Å². The van der Waals surface area contributed by atoms with Crippen LogP contribution in [-0.2, 0) is 32.1 Å². The Bertz CT molecular complexity index is 2310. The number of fused-ring (bicyclic) bond motifs is 2. The number of hydrogen-bond acceptors (Lipinski definition) is 12. The van der Waals surface area contributed by atoms with Crippen LogP contribution in [0.3, 0.4) is 0 Å². The predicted octanol–water partition coefficient (Wildman–Crippen LogP) is 10.8. The maximum Gasteiger partial charge on any atom is 0.417 e. The van der Waals surface area contributed by atoms with Gasteiger partial charge in [0.2, 0.25) is 0 Å². The van der Waals surface area contributed by atoms with Gasteiger partial charge in [0.1, 0.15) is 28.5 Å². The van der Waals surface area contributed by atoms with E-state index in [4.69, 9.17) is 19.2 Å². The molecule has 6 rings (SSSR count). The number of pyridine rings is 2. The minimum atomic E-state index is -0.910. The van der Waals surface area contributed by atoms with E-state index in [1.807, 2.05) is 71.8 Å². The van der Waals surface area contributed by atoms with Gasteiger partial charge >= 0.3 is 12.1 Å². The van der Waals surface area contributed by atoms with Gasteiger partial charge in [-0.15, -0.1) is 0 Å². The molecule has 0 bridgehead atoms. The fourth-order valence-corrected chi connectivity index (χ4v) is 7.76. The van der Waals surface area contributed by atoms with Crippen molar-refractivity contribution in [2.24, 2.45) is 0 Å². The maximum absolute atomic E-state index is 14.1. The first-order valence-electron chi connectivity index (χ1n) is 23.4. The SMILES string of the molecule is C=C(C)F.CC.CN(C)Cc1nc(Nc2ccc(-c3cnc4cc(F)ccn34)c3c2C(=O)N(C(=O)OC(C)(C)C)C3)ccc1N1CCC(O)(COCCCCCCCC(=O)OC(C)(C)C)CC1. The lowest BCUT2D eigenvalue weighted by molar-refractivity contribution is -0.154. The lowest BCUT2D eigenvalue weighted by Gasteiger charge is -2.39. The molecule has 4 aromatic rings. The summed E-state index contributed by atoms with van der Waals surface area (Å²) in [4.78, 5) is 54.2. The Labute approximate surface area is 395 Å². The number of carbonyl (C=O) groups excluding carboxylic acids is 3. The molecule has 14 nitrogen and oxygen atoms in total. The van der Waals surface area contributed by atoms with E-state index in [0.29, 0.717) is 85.0 Å². The molecule has 3 aromatic heterocycles. The van der Waals surface area contributed by atoms with Crippen molar-refractivity contribution in [3.63, 3.8) is 0 Å². The highest BCUT2D eigenvalue weighted by atomic mass is 19.1. The van der Waals surface area contributed by atoms with Gasteiger partial charge < -0.3 is 34.4 Å². The highest BCUT2D eigenvalue weighted by molar-refractivity contribution is 6.11. The van der Waals surface area contributed by atoms with Gasteiger partial charge in [0, 0.05) is 50.5 Å². The molecule has 1 fully saturated rings. The zero-order valence-electron chi connectivity index (χ0n) is 41.6. The second kappa shape index (κ2) is 24.0. The van der Waals surface area contributed by atoms with Gasteiger partial charge in [0.05, 0.1) is 59.1 Å². The van der Waals surface area contributed by atoms with Crippen LogP contribution < -0.4 is 10.2 Å². The minimum absolute atomic E-state index is 0.0221. The average molecular weight is 934 g/mol. The maximum atomic E-state index is 14.1. The molecule has 67 heavy (non-hydrogen) atoms. The summed E-state index contributed by atoms with van der Waals surface area (Å²) in [5.74, 6) is -0.874. The molecule has 0 aliphatic carbocycles. The zero-order chi connectivity index (χ0) is 49.7. The van der Waals surface area contributed by atoms with Gasteiger partial charge in [-0.3, -0.25) is 14.0 Å². The van der Waals surface area contributed by atoms with Crippen molar-refractivity contribution >= 4 is 40.8 Å². The molecule has 1 aromatic carbocycles. The number of aliphatic hydroxyl groups is 1. The lowest BCUT2D eigenvalue weighted by Crippen LogP contribution is -2.47. The summed E-state index contributed by atoms with van der Waals surface area (Å²) in [5.41, 5.74) is 2.75. The minimum Gasteiger partial charge on any atom is -0.460 e. The van der Waals surface area contributed by atoms with Crippen LogP contribution >= 0.6 is 0 Å². The molecular formula is C51H73F2N7O7. The molecule has 0 radical (unpaired) electrons. The second-order valence-corrected chi connectivity index (χ2v) is 19.2. The predicted molar refractivity (Wildman–Crippen MR) is 260 cm³/mol. The van der Waals surface area contributed by atoms with Crippen LogP contribution in [0, 0.1) is 5.82 Å². The first-order chi connectivity index (χ1) is 31.5. The van der Waals surface area contributed by atoms with Crippen LogP contribution in [0.4, 0.5) is 30.8 Å². The fourth-order valence-electron chi connectivity index (χ4n) is 7.76. The number of esters is 1. The highest BCUT2D eigenvalue weighted by Crippen LogP contribution is 2.39. The Morgan fingerprint density at radius 3 is 2.24 bits per heavy atom. The summed E-state index contributed by atoms with van der Waals surface area (Å²) in [5, 5.41) is 14.8. The number of allylic oxidation sites excluding steroid dienone is 1. The number of amides is 2. The topological polar surface area (TPSA) is 151 Å². The van der Waals surface area contributed by atoms with E-state index in [2.05, 4.69) is 21.8 Å². The first kappa shape index (κ1) is 54.2. The number of rotatable bonds is 16. The summed E-state index contributed by atoms with van der Waals surface area (Å²) in [6.07, 6.45) is 8.74. The van der Waals surface area contributed by atoms with E-state index in [0.717, 1.165) is 48.4 Å². The molecule has 2 aliphatic rings. The van der Waals surface area contributed by atoms with Crippen molar-refractivity contribution in [2.45, 2.75) is 144 Å². The summed E-state index contributed by atoms with van der Waals surface area (Å²) in [6.45, 7) is 21.7. The van der Waals surface area contributed by atoms with Crippen molar-refractivity contribution in [3.8, 4) is 11.3 Å². The third-order valence-corrected chi connectivity index (χ3v) is 10.6. The van der Waals surface area contributed by atoms with Crippen LogP contribution in [0.15, 0.2) is 61.2 Å². The Morgan fingerprint density at radius 2 is 1.60 bits per heavy atom. The Morgan fingerprint density at radius 1 is 0.955 bits per heavy atom. The molecule has 0 spiro atoms. The number of carbonyl (C=O) groups is 3. The van der Waals surface area contributed by atoms with E-state index in [1.54, 1.807) is 43.6 Å². The molecule has 1 saturated heterocycles. The number of nitrogens with zero attached hydrogens (tertiary/aromatic N) is 6. The second-order valence-electron chi connectivity index (χ2n) is 19.2. The van der Waals surface area contributed by atoms with E-state index < -0.39 is 34.6 Å². The van der Waals surface area contributed by atoms with Gasteiger partial charge in [0.25, 0.3) is 5.91 Å². The van der Waals surface area contributed by atoms with Gasteiger partial charge in [-0.05, 0) is 118 Å². The molecule has 0 atom stereocenters. The van der Waals surface area contributed by atoms with Crippen molar-refractivity contribution in [2.75, 3.05) is 50.6 Å². The molecule has 2 N–H and O–H groups in total. The van der Waals surface area contributed by atoms with Crippen LogP contribution in [0.2, 0.25) is 0 Å². The van der Waals surface area contributed by atoms with Gasteiger partial charge in [-0.25, -0.2) is 28.4 Å². The van der Waals surface area contributed by atoms with Gasteiger partial charge in [0.15, 0.2) is 0 Å². The number of ether oxygens (including phenoxy) is 3. The molecule has 2 amide bonds. The molecule has 368 valence electrons. The summed E-state index contributed by atoms with van der Waals surface area (Å²) in [6, 6.07) is 10.2. The van der Waals surface area contributed by atoms with Crippen molar-refractivity contribution in [3.05, 3.63) is 83.8 Å². The smallest absolute Gasteiger partial charge is 0.417 e. The molecule has 5 heterocycles. The van der Waals surface area contributed by atoms with Gasteiger partial charge in [-0.1, -0.05) is 45.8 Å². The largest absolute Gasteiger partial charge is 0.460 e. The van der Waals surface area contributed by atoms with Crippen molar-refractivity contribution in [1.29, 1.82) is 0 Å². The Balaban J connectivity index is 0.00000155. The number of anilines is 3. The third-order valence-electron chi connectivity index (χ3n) is 10.6. The first-order valence-corrected chi connectivity index (χ1v) is 23.4. The fraction of sp³-hybridized carbons (Fsp3) is 0.549. The third kappa shape index (κ3) is 16.1. The van der Waals surface area contributed by atoms with E-state index >= 15 is 0 Å². The number of piperidine rings is 1. The molecule has 0 saturated carbocycles. The van der Waals surface area contributed by atoms with Crippen LogP contribution in [0.5, 0.6) is 0 Å². The van der Waals surface area contributed by atoms with Crippen LogP contribution in [0.1, 0.15) is 135 Å². The summed E-state index contributed by atoms with van der Waals surface area (Å²) >= 11 is 0. The van der Waals surface area contributed by atoms with E-state index in [-0.39, 0.29) is 24.9 Å². The molecule has 2 aliphatic heterocycles. The highest BCUT2D eigenvalue weighted by Gasteiger charge is 2.39. The Kier molecular flexibility index (Phi) is 19.4. The number of nitrogens with one attached hydrogen (secondary N) is 1. The van der Waals surface area contributed by atoms with Crippen LogP contribution in [-0.4, -0.2) is 104 Å². The van der Waals surface area contributed by atoms with E-state index in [1.165, 1.54) is 19.1 Å². The Hall–Kier alpha value is -5.45. The standard InChI is InChI=1S/C46H62FN7O7.C3H5F.C2H6/c1-44(2,3)60-40(55)14-12-10-9-11-13-25-59-30-46(58)20-23-52(24-21-46)36-17-18-38(50-35(36)29-51(7)8)49-34-16-15-32(37-27-48-39-26-31(47)19-22-53(37)39)33-28-54(42(56)41(33)34)43(57)61-45(4,5)6;1-3(2)4;1-2/h15-19,22,26-27,58H,9-14,20-21,23-25,28-30H2,1-8H3,(H,49,50);1H2,2H3;1-2H3.